The molecule has 0 bridgehead atoms. The summed E-state index contributed by atoms with van der Waals surface area (Å²) in [4.78, 5) is 8.70. The third-order valence-corrected chi connectivity index (χ3v) is 10.1. The van der Waals surface area contributed by atoms with E-state index in [2.05, 4.69) is 88.2 Å². The van der Waals surface area contributed by atoms with Crippen molar-refractivity contribution < 1.29 is 35.4 Å². The summed E-state index contributed by atoms with van der Waals surface area (Å²) in [6, 6.07) is 49.4. The summed E-state index contributed by atoms with van der Waals surface area (Å²) >= 11 is 0. The van der Waals surface area contributed by atoms with Gasteiger partial charge >= 0.3 is 0 Å². The summed E-state index contributed by atoms with van der Waals surface area (Å²) < 4.78 is 69.6. The molecule has 0 saturated heterocycles. The van der Waals surface area contributed by atoms with Gasteiger partial charge in [0.2, 0.25) is 0 Å². The number of benzene rings is 7. The summed E-state index contributed by atoms with van der Waals surface area (Å²) in [6.07, 6.45) is -0.357. The summed E-state index contributed by atoms with van der Waals surface area (Å²) in [5.74, 6) is 0.581. The van der Waals surface area contributed by atoms with Crippen LogP contribution in [-0.4, -0.2) is 9.55 Å². The molecule has 6 heteroatoms. The second-order valence-corrected chi connectivity index (χ2v) is 14.8. The zero-order valence-electron chi connectivity index (χ0n) is 38.8. The first kappa shape index (κ1) is 29.8. The largest absolute Gasteiger partial charge is 0.509 e. The Morgan fingerprint density at radius 1 is 0.638 bits per heavy atom. The zero-order chi connectivity index (χ0) is 44.6. The number of para-hydroxylation sites is 4. The van der Waals surface area contributed by atoms with E-state index in [1.54, 1.807) is 18.2 Å². The van der Waals surface area contributed by atoms with Crippen LogP contribution in [0, 0.1) is 18.8 Å². The van der Waals surface area contributed by atoms with E-state index in [-0.39, 0.29) is 85.0 Å². The average molecular weight is 938 g/mol. The molecule has 0 radical (unpaired) electrons. The van der Waals surface area contributed by atoms with Gasteiger partial charge in [-0.2, -0.15) is 12.1 Å². The topological polar surface area (TPSA) is 33.5 Å². The molecular weight excluding hydrogens is 892 g/mol. The Bertz CT molecular complexity index is 3260. The van der Waals surface area contributed by atoms with Crippen molar-refractivity contribution in [1.29, 1.82) is 0 Å². The maximum absolute atomic E-state index is 9.32. The maximum atomic E-state index is 9.32. The van der Waals surface area contributed by atoms with Gasteiger partial charge in [-0.15, -0.1) is 48.1 Å². The van der Waals surface area contributed by atoms with Crippen LogP contribution in [0.4, 0.5) is 22.7 Å². The fourth-order valence-electron chi connectivity index (χ4n) is 7.42. The van der Waals surface area contributed by atoms with Crippen LogP contribution in [0.25, 0.3) is 49.9 Å². The first-order valence-corrected chi connectivity index (χ1v) is 18.7. The Kier molecular flexibility index (Phi) is 7.78. The van der Waals surface area contributed by atoms with Gasteiger partial charge in [0.1, 0.15) is 5.82 Å². The molecule has 0 aliphatic carbocycles. The number of hydrogen-bond acceptors (Lipinski definition) is 4. The molecule has 10 rings (SSSR count). The Balaban J connectivity index is 0.00000533. The molecule has 0 unspecified atom stereocenters. The van der Waals surface area contributed by atoms with Crippen LogP contribution < -0.4 is 14.5 Å². The zero-order valence-corrected chi connectivity index (χ0v) is 34.1. The molecule has 2 aromatic heterocycles. The number of hydrogen-bond donors (Lipinski definition) is 0. The molecule has 0 amide bonds. The smallest absolute Gasteiger partial charge is 0.135 e. The first-order chi connectivity index (χ1) is 30.8. The van der Waals surface area contributed by atoms with Gasteiger partial charge in [-0.05, 0) is 57.8 Å². The molecule has 1 aliphatic heterocycles. The second-order valence-electron chi connectivity index (χ2n) is 14.8. The minimum Gasteiger partial charge on any atom is -0.509 e. The van der Waals surface area contributed by atoms with Gasteiger partial charge < -0.3 is 19.1 Å². The normalized spacial score (nSPS) is 14.2. The predicted molar refractivity (Wildman–Crippen MR) is 234 cm³/mol. The molecular formula is C52H39N4OPt-3. The number of rotatable bonds is 7. The van der Waals surface area contributed by atoms with Crippen molar-refractivity contribution in [3.05, 3.63) is 200 Å². The van der Waals surface area contributed by atoms with E-state index in [1.165, 1.54) is 4.57 Å². The second kappa shape index (κ2) is 15.2. The van der Waals surface area contributed by atoms with E-state index in [0.717, 1.165) is 39.3 Å². The van der Waals surface area contributed by atoms with Crippen LogP contribution in [0.2, 0.25) is 0 Å². The van der Waals surface area contributed by atoms with Gasteiger partial charge in [-0.1, -0.05) is 135 Å². The van der Waals surface area contributed by atoms with Gasteiger partial charge in [0.05, 0.1) is 9.60 Å². The summed E-state index contributed by atoms with van der Waals surface area (Å²) in [6.45, 7) is 7.63. The molecule has 0 fully saturated rings. The maximum Gasteiger partial charge on any atom is 0.135 e. The SMILES string of the molecule is [2H]c1nc(-n2c3[c-]c(Oc4[c-]c(N5[CH-]N(c6c(-c7ccccc7)cccc6-c6ccccc6)c6ccccc65)ccc4)ccc3c3c([2H])c([2H])c([2H])c([2H])c32)c([2H])c(C(C)(C)C)c1[2H].[Pt]. The molecule has 0 spiro atoms. The van der Waals surface area contributed by atoms with Gasteiger partial charge in [0.25, 0.3) is 0 Å². The van der Waals surface area contributed by atoms with Crippen LogP contribution >= 0.6 is 0 Å². The van der Waals surface area contributed by atoms with Crippen molar-refractivity contribution >= 4 is 44.6 Å². The number of fused-ring (bicyclic) bond motifs is 4. The van der Waals surface area contributed by atoms with E-state index >= 15 is 0 Å². The number of nitrogens with zero attached hydrogens (tertiary/aromatic N) is 4. The van der Waals surface area contributed by atoms with Gasteiger partial charge in [0, 0.05) is 72.4 Å². The van der Waals surface area contributed by atoms with Crippen LogP contribution in [0.1, 0.15) is 35.9 Å². The molecule has 7 aromatic carbocycles. The van der Waals surface area contributed by atoms with Crippen molar-refractivity contribution in [1.82, 2.24) is 9.55 Å². The summed E-state index contributed by atoms with van der Waals surface area (Å²) in [5, 5.41) is 0.649. The van der Waals surface area contributed by atoms with Gasteiger partial charge in [-0.25, -0.2) is 4.98 Å². The minimum absolute atomic E-state index is 0. The molecule has 0 N–H and O–H groups in total. The van der Waals surface area contributed by atoms with Crippen molar-refractivity contribution in [3.63, 3.8) is 0 Å². The van der Waals surface area contributed by atoms with E-state index in [4.69, 9.17) is 13.0 Å². The van der Waals surface area contributed by atoms with Gasteiger partial charge in [0.15, 0.2) is 0 Å². The molecule has 9 aromatic rings. The molecule has 58 heavy (non-hydrogen) atoms. The monoisotopic (exact) mass is 937 g/mol. The van der Waals surface area contributed by atoms with E-state index in [0.29, 0.717) is 16.8 Å². The van der Waals surface area contributed by atoms with Crippen LogP contribution in [0.15, 0.2) is 176 Å². The fraction of sp³-hybridized carbons (Fsp3) is 0.0769. The number of aromatic nitrogens is 2. The standard InChI is InChI=1S/C52H39N4O.Pt/c1-52(2,3)38-30-31-53-50(32-38)56-46-25-11-10-22-44(46)45-29-28-41(34-49(45)56)57-40-21-14-20-39(33-40)54-35-55(48-27-13-12-26-47(48)54)51-42(36-16-6-4-7-17-36)23-15-24-43(51)37-18-8-5-9-19-37;/h4-32,35H,1-3H3;/q-3;/i10D,11D,22D,25D,30D,31D,32D;. The first-order valence-electron chi connectivity index (χ1n) is 22.2. The molecule has 3 heterocycles. The molecule has 0 atom stereocenters. The van der Waals surface area contributed by atoms with Crippen LogP contribution in [0.5, 0.6) is 11.5 Å². The van der Waals surface area contributed by atoms with Crippen molar-refractivity contribution in [2.75, 3.05) is 9.80 Å². The number of pyridine rings is 1. The fourth-order valence-corrected chi connectivity index (χ4v) is 7.42. The third-order valence-electron chi connectivity index (χ3n) is 10.1. The summed E-state index contributed by atoms with van der Waals surface area (Å²) in [7, 11) is 0. The molecule has 5 nitrogen and oxygen atoms in total. The van der Waals surface area contributed by atoms with Gasteiger partial charge in [-0.3, -0.25) is 0 Å². The predicted octanol–water partition coefficient (Wildman–Crippen LogP) is 13.6. The quantitative estimate of drug-likeness (QED) is 0.149. The molecule has 0 saturated carbocycles. The Morgan fingerprint density at radius 3 is 1.98 bits per heavy atom. The van der Waals surface area contributed by atoms with E-state index in [9.17, 15) is 1.37 Å². The van der Waals surface area contributed by atoms with Crippen molar-refractivity contribution in [3.8, 4) is 39.6 Å². The molecule has 286 valence electrons. The Hall–Kier alpha value is -6.42. The average Bonchev–Trinajstić information content (AvgIpc) is 3.85. The van der Waals surface area contributed by atoms with Crippen molar-refractivity contribution in [2.24, 2.45) is 0 Å². The summed E-state index contributed by atoms with van der Waals surface area (Å²) in [5.41, 5.74) is 7.91. The Morgan fingerprint density at radius 2 is 1.28 bits per heavy atom. The third kappa shape index (κ3) is 6.66. The number of ether oxygens (including phenoxy) is 1. The molecule has 1 aliphatic rings. The van der Waals surface area contributed by atoms with E-state index in [1.807, 2.05) is 81.4 Å². The van der Waals surface area contributed by atoms with Crippen LogP contribution in [-0.2, 0) is 26.5 Å². The number of anilines is 4. The minimum atomic E-state index is -0.710. The van der Waals surface area contributed by atoms with E-state index < -0.39 is 17.5 Å². The van der Waals surface area contributed by atoms with Crippen LogP contribution in [0.3, 0.4) is 0 Å². The van der Waals surface area contributed by atoms with Crippen molar-refractivity contribution in [2.45, 2.75) is 26.2 Å². The Labute approximate surface area is 363 Å².